The molecule has 0 unspecified atom stereocenters. The predicted octanol–water partition coefficient (Wildman–Crippen LogP) is -2.00. The number of piperazine rings is 1. The summed E-state index contributed by atoms with van der Waals surface area (Å²) in [6.07, 6.45) is 0. The van der Waals surface area contributed by atoms with Crippen LogP contribution in [0, 0.1) is 0 Å². The van der Waals surface area contributed by atoms with Crippen LogP contribution in [-0.2, 0) is 19.7 Å². The number of hydrogen-bond acceptors (Lipinski definition) is 4. The Morgan fingerprint density at radius 3 is 2.44 bits per heavy atom. The summed E-state index contributed by atoms with van der Waals surface area (Å²) in [4.78, 5) is 11.1. The number of nitrogens with one attached hydrogen (secondary N) is 1. The van der Waals surface area contributed by atoms with E-state index in [4.69, 9.17) is 4.74 Å². The molecule has 0 aliphatic carbocycles. The van der Waals surface area contributed by atoms with Crippen LogP contribution in [0.25, 0.3) is 0 Å². The van der Waals surface area contributed by atoms with E-state index in [9.17, 15) is 13.2 Å². The summed E-state index contributed by atoms with van der Waals surface area (Å²) in [5.41, 5.74) is 0. The first-order chi connectivity index (χ1) is 7.60. The van der Waals surface area contributed by atoms with Gasteiger partial charge in [-0.25, -0.2) is 0 Å². The molecule has 1 N–H and O–H groups in total. The standard InChI is InChI=1S/C8H15N3O4S/c12-8-7-11(2-1-9-8)16(13,14)10-3-5-15-6-4-10/h1-7H2,(H,9,12). The van der Waals surface area contributed by atoms with Crippen molar-refractivity contribution in [3.8, 4) is 0 Å². The summed E-state index contributed by atoms with van der Waals surface area (Å²) in [6.45, 7) is 2.19. The van der Waals surface area contributed by atoms with E-state index in [1.807, 2.05) is 0 Å². The van der Waals surface area contributed by atoms with Gasteiger partial charge in [0.2, 0.25) is 5.91 Å². The lowest BCUT2D eigenvalue weighted by Crippen LogP contribution is -2.55. The predicted molar refractivity (Wildman–Crippen MR) is 55.9 cm³/mol. The molecule has 0 aromatic heterocycles. The van der Waals surface area contributed by atoms with Crippen molar-refractivity contribution >= 4 is 16.1 Å². The highest BCUT2D eigenvalue weighted by Crippen LogP contribution is 2.11. The Morgan fingerprint density at radius 1 is 1.12 bits per heavy atom. The first kappa shape index (κ1) is 11.8. The fraction of sp³-hybridized carbons (Fsp3) is 0.875. The van der Waals surface area contributed by atoms with Gasteiger partial charge in [-0.15, -0.1) is 0 Å². The van der Waals surface area contributed by atoms with Crippen LogP contribution in [0.4, 0.5) is 0 Å². The van der Waals surface area contributed by atoms with Crippen LogP contribution in [0.15, 0.2) is 0 Å². The molecule has 2 heterocycles. The first-order valence-electron chi connectivity index (χ1n) is 5.20. The average Bonchev–Trinajstić information content (AvgIpc) is 2.30. The molecule has 0 aromatic rings. The molecule has 1 amide bonds. The molecule has 0 saturated carbocycles. The second-order valence-corrected chi connectivity index (χ2v) is 5.63. The molecule has 2 rings (SSSR count). The quantitative estimate of drug-likeness (QED) is 0.613. The molecule has 92 valence electrons. The fourth-order valence-corrected chi connectivity index (χ4v) is 3.29. The maximum absolute atomic E-state index is 12.1. The normalized spacial score (nSPS) is 25.4. The van der Waals surface area contributed by atoms with Crippen molar-refractivity contribution in [2.24, 2.45) is 0 Å². The van der Waals surface area contributed by atoms with Gasteiger partial charge in [-0.1, -0.05) is 0 Å². The number of ether oxygens (including phenoxy) is 1. The lowest BCUT2D eigenvalue weighted by atomic mass is 10.4. The topological polar surface area (TPSA) is 79.0 Å². The van der Waals surface area contributed by atoms with E-state index in [2.05, 4.69) is 5.32 Å². The van der Waals surface area contributed by atoms with Crippen LogP contribution in [0.5, 0.6) is 0 Å². The van der Waals surface area contributed by atoms with Crippen LogP contribution < -0.4 is 5.32 Å². The largest absolute Gasteiger partial charge is 0.379 e. The Hall–Kier alpha value is -0.700. The highest BCUT2D eigenvalue weighted by molar-refractivity contribution is 7.86. The molecule has 2 aliphatic heterocycles. The highest BCUT2D eigenvalue weighted by Gasteiger charge is 2.33. The van der Waals surface area contributed by atoms with Crippen LogP contribution in [-0.4, -0.2) is 68.9 Å². The zero-order valence-corrected chi connectivity index (χ0v) is 9.70. The van der Waals surface area contributed by atoms with Gasteiger partial charge in [0.05, 0.1) is 19.8 Å². The van der Waals surface area contributed by atoms with E-state index in [0.29, 0.717) is 39.4 Å². The zero-order valence-electron chi connectivity index (χ0n) is 8.89. The number of rotatable bonds is 2. The third-order valence-electron chi connectivity index (χ3n) is 2.63. The minimum absolute atomic E-state index is 0.0836. The van der Waals surface area contributed by atoms with Crippen LogP contribution in [0.1, 0.15) is 0 Å². The third-order valence-corrected chi connectivity index (χ3v) is 4.61. The Bertz CT molecular complexity index is 363. The van der Waals surface area contributed by atoms with Gasteiger partial charge in [0.15, 0.2) is 0 Å². The van der Waals surface area contributed by atoms with Crippen molar-refractivity contribution in [3.63, 3.8) is 0 Å². The molecule has 0 atom stereocenters. The van der Waals surface area contributed by atoms with Crippen molar-refractivity contribution in [2.75, 3.05) is 45.9 Å². The lowest BCUT2D eigenvalue weighted by molar-refractivity contribution is -0.122. The van der Waals surface area contributed by atoms with E-state index in [-0.39, 0.29) is 12.5 Å². The first-order valence-corrected chi connectivity index (χ1v) is 6.60. The molecule has 2 aliphatic rings. The Morgan fingerprint density at radius 2 is 1.81 bits per heavy atom. The van der Waals surface area contributed by atoms with Gasteiger partial charge in [-0.3, -0.25) is 4.79 Å². The summed E-state index contributed by atoms with van der Waals surface area (Å²) in [6, 6.07) is 0. The smallest absolute Gasteiger partial charge is 0.282 e. The third kappa shape index (κ3) is 2.34. The maximum Gasteiger partial charge on any atom is 0.282 e. The Balaban J connectivity index is 2.07. The second-order valence-electron chi connectivity index (χ2n) is 3.70. The number of carbonyl (C=O) groups is 1. The number of morpholine rings is 1. The van der Waals surface area contributed by atoms with Crippen LogP contribution in [0.2, 0.25) is 0 Å². The van der Waals surface area contributed by atoms with Crippen molar-refractivity contribution in [2.45, 2.75) is 0 Å². The molecular formula is C8H15N3O4S. The molecule has 8 heteroatoms. The zero-order chi connectivity index (χ0) is 11.6. The van der Waals surface area contributed by atoms with Crippen molar-refractivity contribution < 1.29 is 17.9 Å². The molecule has 0 bridgehead atoms. The van der Waals surface area contributed by atoms with Crippen LogP contribution >= 0.6 is 0 Å². The Kier molecular flexibility index (Phi) is 3.43. The second kappa shape index (κ2) is 4.66. The molecule has 0 spiro atoms. The van der Waals surface area contributed by atoms with Gasteiger partial charge in [0, 0.05) is 26.2 Å². The van der Waals surface area contributed by atoms with Gasteiger partial charge in [-0.05, 0) is 0 Å². The monoisotopic (exact) mass is 249 g/mol. The van der Waals surface area contributed by atoms with E-state index < -0.39 is 10.2 Å². The molecule has 0 aromatic carbocycles. The number of hydrogen-bond donors (Lipinski definition) is 1. The minimum Gasteiger partial charge on any atom is -0.379 e. The van der Waals surface area contributed by atoms with Gasteiger partial charge in [-0.2, -0.15) is 17.0 Å². The number of nitrogens with zero attached hydrogens (tertiary/aromatic N) is 2. The van der Waals surface area contributed by atoms with E-state index >= 15 is 0 Å². The molecule has 0 radical (unpaired) electrons. The SMILES string of the molecule is O=C1CN(S(=O)(=O)N2CCOCC2)CCN1. The fourth-order valence-electron chi connectivity index (χ4n) is 1.75. The van der Waals surface area contributed by atoms with Gasteiger partial charge in [0.1, 0.15) is 0 Å². The summed E-state index contributed by atoms with van der Waals surface area (Å²) >= 11 is 0. The molecule has 2 fully saturated rings. The number of amides is 1. The molecule has 7 nitrogen and oxygen atoms in total. The lowest BCUT2D eigenvalue weighted by Gasteiger charge is -2.33. The molecule has 16 heavy (non-hydrogen) atoms. The van der Waals surface area contributed by atoms with Crippen molar-refractivity contribution in [3.05, 3.63) is 0 Å². The van der Waals surface area contributed by atoms with Gasteiger partial charge < -0.3 is 10.1 Å². The van der Waals surface area contributed by atoms with E-state index in [1.54, 1.807) is 0 Å². The van der Waals surface area contributed by atoms with Gasteiger partial charge >= 0.3 is 0 Å². The highest BCUT2D eigenvalue weighted by atomic mass is 32.2. The maximum atomic E-state index is 12.1. The molecule has 2 saturated heterocycles. The van der Waals surface area contributed by atoms with E-state index in [0.717, 1.165) is 0 Å². The Labute approximate surface area is 94.5 Å². The minimum atomic E-state index is -3.49. The van der Waals surface area contributed by atoms with Crippen LogP contribution in [0.3, 0.4) is 0 Å². The number of carbonyl (C=O) groups excluding carboxylic acids is 1. The van der Waals surface area contributed by atoms with E-state index in [1.165, 1.54) is 8.61 Å². The van der Waals surface area contributed by atoms with Crippen molar-refractivity contribution in [1.82, 2.24) is 13.9 Å². The summed E-state index contributed by atoms with van der Waals surface area (Å²) in [7, 11) is -3.49. The summed E-state index contributed by atoms with van der Waals surface area (Å²) in [5, 5.41) is 2.60. The average molecular weight is 249 g/mol. The molecular weight excluding hydrogens is 234 g/mol. The van der Waals surface area contributed by atoms with Gasteiger partial charge in [0.25, 0.3) is 10.2 Å². The van der Waals surface area contributed by atoms with Crippen molar-refractivity contribution in [1.29, 1.82) is 0 Å². The summed E-state index contributed by atoms with van der Waals surface area (Å²) in [5.74, 6) is -0.247. The summed E-state index contributed by atoms with van der Waals surface area (Å²) < 4.78 is 31.9.